The van der Waals surface area contributed by atoms with E-state index in [0.717, 1.165) is 38.5 Å². The Kier molecular flexibility index (Phi) is 6.33. The highest BCUT2D eigenvalue weighted by atomic mass is 32.2. The number of H-pyrrole nitrogens is 1. The van der Waals surface area contributed by atoms with E-state index in [-0.39, 0.29) is 11.2 Å². The minimum Gasteiger partial charge on any atom is -0.497 e. The van der Waals surface area contributed by atoms with Crippen molar-refractivity contribution in [3.63, 3.8) is 0 Å². The normalized spacial score (nSPS) is 11.9. The van der Waals surface area contributed by atoms with Gasteiger partial charge in [-0.2, -0.15) is 0 Å². The lowest BCUT2D eigenvalue weighted by Crippen LogP contribution is -2.22. The van der Waals surface area contributed by atoms with E-state index in [1.54, 1.807) is 7.11 Å². The number of hydrogen-bond acceptors (Lipinski definition) is 6. The van der Waals surface area contributed by atoms with Crippen LogP contribution in [0.15, 0.2) is 84.0 Å². The zero-order chi connectivity index (χ0) is 23.5. The van der Waals surface area contributed by atoms with Crippen molar-refractivity contribution >= 4 is 44.4 Å². The number of imidazole rings is 1. The third-order valence-corrected chi connectivity index (χ3v) is 7.19. The number of aromatic amines is 1. The van der Waals surface area contributed by atoms with Crippen molar-refractivity contribution in [1.82, 2.24) is 15.0 Å². The van der Waals surface area contributed by atoms with Crippen LogP contribution >= 0.6 is 23.1 Å². The maximum atomic E-state index is 12.9. The molecular formula is C26H22N4O2S2. The number of ether oxygens (including phenoxy) is 1. The molecule has 3 aromatic carbocycles. The molecule has 0 bridgehead atoms. The summed E-state index contributed by atoms with van der Waals surface area (Å²) in [5, 5.41) is 3.82. The standard InChI is InChI=1S/C26H22N4O2S2/c1-16(24(31)30-25-27-20-14-13-19(32-2)15-21(20)34-25)33-26-28-22(17-9-5-3-6-10-17)23(29-26)18-11-7-4-8-12-18/h3-16H,1-2H3,(H,28,29)(H,27,30,31). The minimum atomic E-state index is -0.375. The number of amides is 1. The SMILES string of the molecule is COc1ccc2nc(NC(=O)C(C)Sc3nc(-c4ccccc4)c(-c4ccccc4)[nH]3)sc2c1. The Morgan fingerprint density at radius 1 is 1.00 bits per heavy atom. The summed E-state index contributed by atoms with van der Waals surface area (Å²) >= 11 is 2.81. The first kappa shape index (κ1) is 22.2. The number of thiazole rings is 1. The van der Waals surface area contributed by atoms with E-state index in [1.807, 2.05) is 85.8 Å². The van der Waals surface area contributed by atoms with Gasteiger partial charge in [-0.05, 0) is 25.1 Å². The van der Waals surface area contributed by atoms with Crippen LogP contribution in [0.4, 0.5) is 5.13 Å². The number of benzene rings is 3. The van der Waals surface area contributed by atoms with E-state index in [9.17, 15) is 4.79 Å². The fourth-order valence-electron chi connectivity index (χ4n) is 3.54. The van der Waals surface area contributed by atoms with Gasteiger partial charge in [-0.25, -0.2) is 9.97 Å². The summed E-state index contributed by atoms with van der Waals surface area (Å²) in [6.45, 7) is 1.86. The lowest BCUT2D eigenvalue weighted by molar-refractivity contribution is -0.115. The molecule has 170 valence electrons. The van der Waals surface area contributed by atoms with Gasteiger partial charge < -0.3 is 15.0 Å². The molecule has 2 N–H and O–H groups in total. The zero-order valence-corrected chi connectivity index (χ0v) is 20.2. The second-order valence-corrected chi connectivity index (χ2v) is 9.96. The van der Waals surface area contributed by atoms with Gasteiger partial charge in [0.2, 0.25) is 5.91 Å². The molecule has 1 unspecified atom stereocenters. The molecular weight excluding hydrogens is 464 g/mol. The van der Waals surface area contributed by atoms with E-state index < -0.39 is 0 Å². The average molecular weight is 487 g/mol. The maximum absolute atomic E-state index is 12.9. The second kappa shape index (κ2) is 9.70. The summed E-state index contributed by atoms with van der Waals surface area (Å²) < 4.78 is 6.23. The Morgan fingerprint density at radius 3 is 2.41 bits per heavy atom. The topological polar surface area (TPSA) is 79.9 Å². The molecule has 0 fully saturated rings. The number of thioether (sulfide) groups is 1. The van der Waals surface area contributed by atoms with Gasteiger partial charge >= 0.3 is 0 Å². The van der Waals surface area contributed by atoms with E-state index in [4.69, 9.17) is 9.72 Å². The third-order valence-electron chi connectivity index (χ3n) is 5.28. The summed E-state index contributed by atoms with van der Waals surface area (Å²) in [5.41, 5.74) is 4.69. The Hall–Kier alpha value is -3.62. The van der Waals surface area contributed by atoms with Gasteiger partial charge in [0.05, 0.1) is 34.0 Å². The number of anilines is 1. The number of nitrogens with zero attached hydrogens (tertiary/aromatic N) is 2. The molecule has 0 aliphatic heterocycles. The van der Waals surface area contributed by atoms with Crippen LogP contribution in [0.2, 0.25) is 0 Å². The highest BCUT2D eigenvalue weighted by molar-refractivity contribution is 8.00. The molecule has 0 saturated carbocycles. The van der Waals surface area contributed by atoms with E-state index in [1.165, 1.54) is 23.1 Å². The van der Waals surface area contributed by atoms with Crippen molar-refractivity contribution < 1.29 is 9.53 Å². The molecule has 0 spiro atoms. The molecule has 5 aromatic rings. The van der Waals surface area contributed by atoms with Gasteiger partial charge in [-0.1, -0.05) is 83.8 Å². The van der Waals surface area contributed by atoms with Gasteiger partial charge in [0, 0.05) is 11.1 Å². The van der Waals surface area contributed by atoms with Crippen LogP contribution in [0.1, 0.15) is 6.92 Å². The third kappa shape index (κ3) is 4.69. The van der Waals surface area contributed by atoms with Crippen LogP contribution in [0.5, 0.6) is 5.75 Å². The Bertz CT molecular complexity index is 1370. The number of methoxy groups -OCH3 is 1. The van der Waals surface area contributed by atoms with Crippen LogP contribution in [0.3, 0.4) is 0 Å². The molecule has 8 heteroatoms. The molecule has 2 aromatic heterocycles. The maximum Gasteiger partial charge on any atom is 0.239 e. The van der Waals surface area contributed by atoms with E-state index >= 15 is 0 Å². The first-order chi connectivity index (χ1) is 16.6. The van der Waals surface area contributed by atoms with Gasteiger partial charge in [-0.15, -0.1) is 0 Å². The van der Waals surface area contributed by atoms with Crippen LogP contribution in [0, 0.1) is 0 Å². The highest BCUT2D eigenvalue weighted by Crippen LogP contribution is 2.34. The molecule has 0 saturated heterocycles. The molecule has 0 radical (unpaired) electrons. The fraction of sp³-hybridized carbons (Fsp3) is 0.115. The van der Waals surface area contributed by atoms with Crippen molar-refractivity contribution in [3.8, 4) is 28.3 Å². The largest absolute Gasteiger partial charge is 0.497 e. The summed E-state index contributed by atoms with van der Waals surface area (Å²) in [4.78, 5) is 25.7. The summed E-state index contributed by atoms with van der Waals surface area (Å²) in [7, 11) is 1.63. The number of rotatable bonds is 7. The van der Waals surface area contributed by atoms with Gasteiger partial charge in [0.15, 0.2) is 10.3 Å². The van der Waals surface area contributed by atoms with Crippen molar-refractivity contribution in [2.24, 2.45) is 0 Å². The quantitative estimate of drug-likeness (QED) is 0.257. The van der Waals surface area contributed by atoms with Crippen molar-refractivity contribution in [2.45, 2.75) is 17.3 Å². The molecule has 0 aliphatic rings. The lowest BCUT2D eigenvalue weighted by Gasteiger charge is -2.08. The van der Waals surface area contributed by atoms with Crippen LogP contribution in [-0.4, -0.2) is 33.2 Å². The fourth-order valence-corrected chi connectivity index (χ4v) is 5.24. The van der Waals surface area contributed by atoms with E-state index in [2.05, 4.69) is 15.3 Å². The smallest absolute Gasteiger partial charge is 0.239 e. The highest BCUT2D eigenvalue weighted by Gasteiger charge is 2.21. The molecule has 6 nitrogen and oxygen atoms in total. The Labute approximate surface area is 205 Å². The average Bonchev–Trinajstić information content (AvgIpc) is 3.48. The predicted octanol–water partition coefficient (Wildman–Crippen LogP) is 6.48. The molecule has 34 heavy (non-hydrogen) atoms. The van der Waals surface area contributed by atoms with E-state index in [0.29, 0.717) is 10.3 Å². The minimum absolute atomic E-state index is 0.130. The number of carbonyl (C=O) groups is 1. The number of aromatic nitrogens is 3. The molecule has 5 rings (SSSR count). The molecule has 1 amide bonds. The zero-order valence-electron chi connectivity index (χ0n) is 18.6. The first-order valence-electron chi connectivity index (χ1n) is 10.7. The Balaban J connectivity index is 1.36. The van der Waals surface area contributed by atoms with Crippen molar-refractivity contribution in [2.75, 3.05) is 12.4 Å². The summed E-state index contributed by atoms with van der Waals surface area (Å²) in [6.07, 6.45) is 0. The molecule has 0 aliphatic carbocycles. The Morgan fingerprint density at radius 2 is 1.71 bits per heavy atom. The summed E-state index contributed by atoms with van der Waals surface area (Å²) in [6, 6.07) is 25.8. The second-order valence-electron chi connectivity index (χ2n) is 7.60. The number of nitrogens with one attached hydrogen (secondary N) is 2. The predicted molar refractivity (Wildman–Crippen MR) is 140 cm³/mol. The van der Waals surface area contributed by atoms with Crippen LogP contribution in [0.25, 0.3) is 32.7 Å². The van der Waals surface area contributed by atoms with Crippen molar-refractivity contribution in [3.05, 3.63) is 78.9 Å². The molecule has 1 atom stereocenters. The molecule has 2 heterocycles. The van der Waals surface area contributed by atoms with Crippen molar-refractivity contribution in [1.29, 1.82) is 0 Å². The summed E-state index contributed by atoms with van der Waals surface area (Å²) in [5.74, 6) is 0.633. The van der Waals surface area contributed by atoms with Gasteiger partial charge in [-0.3, -0.25) is 4.79 Å². The van der Waals surface area contributed by atoms with Gasteiger partial charge in [0.25, 0.3) is 0 Å². The monoisotopic (exact) mass is 486 g/mol. The number of carbonyl (C=O) groups excluding carboxylic acids is 1. The number of fused-ring (bicyclic) bond motifs is 1. The van der Waals surface area contributed by atoms with Crippen LogP contribution in [-0.2, 0) is 4.79 Å². The van der Waals surface area contributed by atoms with Gasteiger partial charge in [0.1, 0.15) is 5.75 Å². The van der Waals surface area contributed by atoms with Crippen LogP contribution < -0.4 is 10.1 Å². The first-order valence-corrected chi connectivity index (χ1v) is 12.4. The lowest BCUT2D eigenvalue weighted by atomic mass is 10.1. The number of hydrogen-bond donors (Lipinski definition) is 2.